The average molecular weight is 278 g/mol. The lowest BCUT2D eigenvalue weighted by Gasteiger charge is -2.15. The number of hydrogen-bond acceptors (Lipinski definition) is 1. The Labute approximate surface area is 110 Å². The van der Waals surface area contributed by atoms with E-state index >= 15 is 0 Å². The molecule has 0 aromatic heterocycles. The van der Waals surface area contributed by atoms with Crippen molar-refractivity contribution in [3.05, 3.63) is 40.5 Å². The van der Waals surface area contributed by atoms with Crippen molar-refractivity contribution in [1.29, 1.82) is 0 Å². The highest BCUT2D eigenvalue weighted by Crippen LogP contribution is 2.35. The van der Waals surface area contributed by atoms with Gasteiger partial charge in [0.1, 0.15) is 0 Å². The predicted molar refractivity (Wildman–Crippen MR) is 68.4 cm³/mol. The second-order valence-corrected chi connectivity index (χ2v) is 4.18. The van der Waals surface area contributed by atoms with Crippen LogP contribution in [0, 0.1) is 0 Å². The highest BCUT2D eigenvalue weighted by Gasteiger charge is 2.33. The lowest BCUT2D eigenvalue weighted by Crippen LogP contribution is -2.14. The third-order valence-electron chi connectivity index (χ3n) is 2.59. The van der Waals surface area contributed by atoms with Crippen molar-refractivity contribution in [2.45, 2.75) is 20.0 Å². The summed E-state index contributed by atoms with van der Waals surface area (Å²) in [5, 5.41) is -0.275. The number of nitrogens with zero attached hydrogens (tertiary/aromatic N) is 1. The van der Waals surface area contributed by atoms with Crippen molar-refractivity contribution < 1.29 is 13.2 Å². The van der Waals surface area contributed by atoms with E-state index in [1.165, 1.54) is 6.07 Å². The van der Waals surface area contributed by atoms with Crippen LogP contribution in [0.3, 0.4) is 0 Å². The third-order valence-corrected chi connectivity index (χ3v) is 2.92. The normalized spacial score (nSPS) is 12.1. The molecule has 0 radical (unpaired) electrons. The molecule has 0 atom stereocenters. The minimum absolute atomic E-state index is 0.275. The van der Waals surface area contributed by atoms with E-state index in [1.54, 1.807) is 18.3 Å². The fourth-order valence-electron chi connectivity index (χ4n) is 1.49. The molecular weight excluding hydrogens is 263 g/mol. The number of hydrogen-bond donors (Lipinski definition) is 0. The Kier molecular flexibility index (Phi) is 5.08. The Bertz CT molecular complexity index is 423. The van der Waals surface area contributed by atoms with Crippen molar-refractivity contribution in [1.82, 2.24) is 4.90 Å². The molecule has 1 nitrogen and oxygen atoms in total. The monoisotopic (exact) mass is 277 g/mol. The molecule has 100 valence electrons. The van der Waals surface area contributed by atoms with E-state index in [1.807, 2.05) is 18.7 Å². The molecule has 0 saturated heterocycles. The average Bonchev–Trinajstić information content (AvgIpc) is 2.31. The molecule has 0 aliphatic carbocycles. The van der Waals surface area contributed by atoms with Crippen molar-refractivity contribution >= 4 is 17.7 Å². The number of benzene rings is 1. The number of alkyl halides is 3. The van der Waals surface area contributed by atoms with E-state index in [9.17, 15) is 13.2 Å². The van der Waals surface area contributed by atoms with Crippen molar-refractivity contribution in [3.63, 3.8) is 0 Å². The summed E-state index contributed by atoms with van der Waals surface area (Å²) < 4.78 is 37.9. The molecule has 0 unspecified atom stereocenters. The Morgan fingerprint density at radius 1 is 1.22 bits per heavy atom. The van der Waals surface area contributed by atoms with E-state index in [-0.39, 0.29) is 5.02 Å². The Morgan fingerprint density at radius 2 is 1.83 bits per heavy atom. The molecule has 18 heavy (non-hydrogen) atoms. The molecule has 0 fully saturated rings. The fourth-order valence-corrected chi connectivity index (χ4v) is 1.71. The van der Waals surface area contributed by atoms with Gasteiger partial charge in [0.2, 0.25) is 0 Å². The SMILES string of the molecule is CCN(C=Cc1ccc(Cl)c(C(F)(F)F)c1)CC. The van der Waals surface area contributed by atoms with Gasteiger partial charge >= 0.3 is 6.18 Å². The molecular formula is C13H15ClF3N. The molecule has 0 amide bonds. The van der Waals surface area contributed by atoms with E-state index < -0.39 is 11.7 Å². The maximum atomic E-state index is 12.6. The predicted octanol–water partition coefficient (Wildman–Crippen LogP) is 4.67. The third kappa shape index (κ3) is 3.95. The first kappa shape index (κ1) is 14.9. The van der Waals surface area contributed by atoms with Gasteiger partial charge in [-0.05, 0) is 43.8 Å². The van der Waals surface area contributed by atoms with Crippen LogP contribution in [-0.2, 0) is 6.18 Å². The number of halogens is 4. The molecule has 0 saturated carbocycles. The zero-order valence-electron chi connectivity index (χ0n) is 10.3. The second kappa shape index (κ2) is 6.14. The van der Waals surface area contributed by atoms with E-state index in [4.69, 9.17) is 11.6 Å². The van der Waals surface area contributed by atoms with Crippen LogP contribution in [0.25, 0.3) is 6.08 Å². The van der Waals surface area contributed by atoms with Gasteiger partial charge in [-0.1, -0.05) is 17.7 Å². The molecule has 0 bridgehead atoms. The van der Waals surface area contributed by atoms with E-state index in [0.717, 1.165) is 19.2 Å². The van der Waals surface area contributed by atoms with E-state index in [2.05, 4.69) is 0 Å². The van der Waals surface area contributed by atoms with Crippen molar-refractivity contribution in [3.8, 4) is 0 Å². The van der Waals surface area contributed by atoms with Crippen LogP contribution in [0.15, 0.2) is 24.4 Å². The molecule has 0 N–H and O–H groups in total. The van der Waals surface area contributed by atoms with Crippen LogP contribution in [0.4, 0.5) is 13.2 Å². The highest BCUT2D eigenvalue weighted by molar-refractivity contribution is 6.31. The summed E-state index contributed by atoms with van der Waals surface area (Å²) in [5.74, 6) is 0. The van der Waals surface area contributed by atoms with E-state index in [0.29, 0.717) is 5.56 Å². The van der Waals surface area contributed by atoms with Gasteiger partial charge in [0, 0.05) is 13.1 Å². The van der Waals surface area contributed by atoms with Crippen molar-refractivity contribution in [2.24, 2.45) is 0 Å². The van der Waals surface area contributed by atoms with Crippen molar-refractivity contribution in [2.75, 3.05) is 13.1 Å². The topological polar surface area (TPSA) is 3.24 Å². The van der Waals surface area contributed by atoms with Crippen LogP contribution in [0.2, 0.25) is 5.02 Å². The first-order valence-corrected chi connectivity index (χ1v) is 6.05. The fraction of sp³-hybridized carbons (Fsp3) is 0.385. The number of rotatable bonds is 4. The summed E-state index contributed by atoms with van der Waals surface area (Å²) in [7, 11) is 0. The summed E-state index contributed by atoms with van der Waals surface area (Å²) in [6, 6.07) is 3.90. The summed E-state index contributed by atoms with van der Waals surface area (Å²) in [5.41, 5.74) is -0.315. The van der Waals surface area contributed by atoms with Gasteiger partial charge in [-0.15, -0.1) is 0 Å². The minimum atomic E-state index is -4.42. The summed E-state index contributed by atoms with van der Waals surface area (Å²) in [6.45, 7) is 5.59. The molecule has 0 aliphatic rings. The summed E-state index contributed by atoms with van der Waals surface area (Å²) in [6.07, 6.45) is -0.988. The molecule has 1 rings (SSSR count). The molecule has 0 heterocycles. The summed E-state index contributed by atoms with van der Waals surface area (Å²) in [4.78, 5) is 1.99. The van der Waals surface area contributed by atoms with Gasteiger partial charge in [-0.2, -0.15) is 13.2 Å². The van der Waals surface area contributed by atoms with Gasteiger partial charge < -0.3 is 4.90 Å². The Hall–Kier alpha value is -1.16. The first-order valence-electron chi connectivity index (χ1n) is 5.67. The van der Waals surface area contributed by atoms with Gasteiger partial charge in [-0.25, -0.2) is 0 Å². The second-order valence-electron chi connectivity index (χ2n) is 3.77. The van der Waals surface area contributed by atoms with Crippen LogP contribution in [0.1, 0.15) is 25.0 Å². The van der Waals surface area contributed by atoms with Crippen LogP contribution >= 0.6 is 11.6 Å². The van der Waals surface area contributed by atoms with Gasteiger partial charge in [0.15, 0.2) is 0 Å². The smallest absolute Gasteiger partial charge is 0.378 e. The maximum absolute atomic E-state index is 12.6. The van der Waals surface area contributed by atoms with Gasteiger partial charge in [-0.3, -0.25) is 0 Å². The minimum Gasteiger partial charge on any atom is -0.378 e. The maximum Gasteiger partial charge on any atom is 0.417 e. The van der Waals surface area contributed by atoms with Crippen LogP contribution in [-0.4, -0.2) is 18.0 Å². The first-order chi connectivity index (χ1) is 8.38. The Morgan fingerprint density at radius 3 is 2.33 bits per heavy atom. The lowest BCUT2D eigenvalue weighted by molar-refractivity contribution is -0.137. The van der Waals surface area contributed by atoms with Gasteiger partial charge in [0.05, 0.1) is 10.6 Å². The Balaban J connectivity index is 2.99. The van der Waals surface area contributed by atoms with Gasteiger partial charge in [0.25, 0.3) is 0 Å². The van der Waals surface area contributed by atoms with Crippen LogP contribution < -0.4 is 0 Å². The molecule has 5 heteroatoms. The lowest BCUT2D eigenvalue weighted by atomic mass is 10.1. The standard InChI is InChI=1S/C13H15ClF3N/c1-3-18(4-2)8-7-10-5-6-12(14)11(9-10)13(15,16)17/h5-9H,3-4H2,1-2H3. The molecule has 1 aromatic carbocycles. The quantitative estimate of drug-likeness (QED) is 0.773. The largest absolute Gasteiger partial charge is 0.417 e. The zero-order valence-corrected chi connectivity index (χ0v) is 11.0. The highest BCUT2D eigenvalue weighted by atomic mass is 35.5. The molecule has 0 spiro atoms. The summed E-state index contributed by atoms with van der Waals surface area (Å²) >= 11 is 5.54. The van der Waals surface area contributed by atoms with Crippen LogP contribution in [0.5, 0.6) is 0 Å². The molecule has 0 aliphatic heterocycles. The zero-order chi connectivity index (χ0) is 13.8. The molecule has 1 aromatic rings.